The third kappa shape index (κ3) is 4.65. The lowest BCUT2D eigenvalue weighted by Crippen LogP contribution is -2.47. The van der Waals surface area contributed by atoms with Crippen LogP contribution >= 0.6 is 0 Å². The second kappa shape index (κ2) is 9.87. The zero-order chi connectivity index (χ0) is 24.3. The van der Waals surface area contributed by atoms with Crippen molar-refractivity contribution in [1.82, 2.24) is 10.2 Å². The Morgan fingerprint density at radius 1 is 1.09 bits per heavy atom. The minimum absolute atomic E-state index is 0.0368. The maximum absolute atomic E-state index is 12.8. The minimum Gasteiger partial charge on any atom is -0.479 e. The van der Waals surface area contributed by atoms with Gasteiger partial charge in [0.1, 0.15) is 12.1 Å². The Labute approximate surface area is 200 Å². The first-order valence-electron chi connectivity index (χ1n) is 12.0. The summed E-state index contributed by atoms with van der Waals surface area (Å²) >= 11 is 0. The highest BCUT2D eigenvalue weighted by Crippen LogP contribution is 2.44. The number of amides is 2. The average molecular weight is 465 g/mol. The van der Waals surface area contributed by atoms with Crippen molar-refractivity contribution < 1.29 is 24.2 Å². The average Bonchev–Trinajstić information content (AvgIpc) is 3.59. The number of carboxylic acid groups (broad SMARTS) is 1. The molecule has 2 aromatic carbocycles. The van der Waals surface area contributed by atoms with E-state index >= 15 is 0 Å². The minimum atomic E-state index is -1.09. The maximum Gasteiger partial charge on any atom is 0.407 e. The van der Waals surface area contributed by atoms with Crippen molar-refractivity contribution >= 4 is 18.0 Å². The number of alkyl carbamates (subject to hydrolysis) is 1. The van der Waals surface area contributed by atoms with E-state index in [1.54, 1.807) is 0 Å². The Morgan fingerprint density at radius 2 is 1.68 bits per heavy atom. The van der Waals surface area contributed by atoms with E-state index in [1.807, 2.05) is 31.2 Å². The summed E-state index contributed by atoms with van der Waals surface area (Å²) in [6, 6.07) is 15.9. The molecule has 1 atom stereocenters. The second-order valence-corrected chi connectivity index (χ2v) is 9.30. The van der Waals surface area contributed by atoms with Gasteiger partial charge in [0.05, 0.1) is 0 Å². The van der Waals surface area contributed by atoms with Crippen LogP contribution in [-0.4, -0.2) is 53.2 Å². The summed E-state index contributed by atoms with van der Waals surface area (Å²) in [6.07, 6.45) is 2.81. The SMILES string of the molecule is CCCC[C@@H](CC(=O)N(C)C1(C(=O)O)CC1)NC(=O)OCC1c2ccccc2-c2ccccc21. The van der Waals surface area contributed by atoms with Gasteiger partial charge in [-0.2, -0.15) is 0 Å². The van der Waals surface area contributed by atoms with Gasteiger partial charge in [0, 0.05) is 25.4 Å². The number of rotatable bonds is 10. The van der Waals surface area contributed by atoms with Gasteiger partial charge in [-0.25, -0.2) is 9.59 Å². The number of aliphatic carboxylic acids is 1. The molecule has 0 spiro atoms. The van der Waals surface area contributed by atoms with E-state index in [1.165, 1.54) is 11.9 Å². The first-order valence-corrected chi connectivity index (χ1v) is 12.0. The van der Waals surface area contributed by atoms with Crippen molar-refractivity contribution in [2.75, 3.05) is 13.7 Å². The molecule has 2 N–H and O–H groups in total. The number of ether oxygens (including phenoxy) is 1. The molecule has 180 valence electrons. The number of nitrogens with one attached hydrogen (secondary N) is 1. The summed E-state index contributed by atoms with van der Waals surface area (Å²) in [5.74, 6) is -1.29. The van der Waals surface area contributed by atoms with E-state index in [-0.39, 0.29) is 24.9 Å². The maximum atomic E-state index is 12.8. The van der Waals surface area contributed by atoms with Crippen LogP contribution in [0.25, 0.3) is 11.1 Å². The normalized spacial score (nSPS) is 16.2. The van der Waals surface area contributed by atoms with Crippen LogP contribution in [-0.2, 0) is 14.3 Å². The van der Waals surface area contributed by atoms with Gasteiger partial charge >= 0.3 is 12.1 Å². The highest BCUT2D eigenvalue weighted by Gasteiger charge is 2.55. The molecule has 0 heterocycles. The van der Waals surface area contributed by atoms with Gasteiger partial charge < -0.3 is 20.1 Å². The summed E-state index contributed by atoms with van der Waals surface area (Å²) in [6.45, 7) is 2.25. The molecule has 0 saturated heterocycles. The zero-order valence-corrected chi connectivity index (χ0v) is 19.8. The molecule has 0 radical (unpaired) electrons. The van der Waals surface area contributed by atoms with Crippen LogP contribution in [0.3, 0.4) is 0 Å². The summed E-state index contributed by atoms with van der Waals surface area (Å²) in [4.78, 5) is 38.4. The third-order valence-electron chi connectivity index (χ3n) is 7.13. The fourth-order valence-electron chi connectivity index (χ4n) is 4.88. The molecule has 0 aliphatic heterocycles. The summed E-state index contributed by atoms with van der Waals surface area (Å²) in [7, 11) is 1.54. The van der Waals surface area contributed by atoms with Gasteiger partial charge in [0.15, 0.2) is 0 Å². The van der Waals surface area contributed by atoms with Crippen molar-refractivity contribution in [2.24, 2.45) is 0 Å². The number of carbonyl (C=O) groups excluding carboxylic acids is 2. The number of carbonyl (C=O) groups is 3. The van der Waals surface area contributed by atoms with Crippen molar-refractivity contribution in [2.45, 2.75) is 62.9 Å². The standard InChI is InChI=1S/C27H32N2O5/c1-3-4-9-18(16-24(30)29(2)27(14-15-27)25(31)32)28-26(33)34-17-23-21-12-7-5-10-19(21)20-11-6-8-13-22(20)23/h5-8,10-13,18,23H,3-4,9,14-17H2,1-2H3,(H,28,33)(H,31,32)/t18-/m0/s1. The lowest BCUT2D eigenvalue weighted by molar-refractivity contribution is -0.151. The first kappa shape index (κ1) is 23.8. The fraction of sp³-hybridized carbons (Fsp3) is 0.444. The van der Waals surface area contributed by atoms with Gasteiger partial charge in [-0.05, 0) is 41.5 Å². The number of nitrogens with zero attached hydrogens (tertiary/aromatic N) is 1. The Morgan fingerprint density at radius 3 is 2.21 bits per heavy atom. The van der Waals surface area contributed by atoms with Crippen molar-refractivity contribution in [3.8, 4) is 11.1 Å². The van der Waals surface area contributed by atoms with Crippen LogP contribution in [0.2, 0.25) is 0 Å². The van der Waals surface area contributed by atoms with Crippen molar-refractivity contribution in [1.29, 1.82) is 0 Å². The summed E-state index contributed by atoms with van der Waals surface area (Å²) in [5.41, 5.74) is 3.51. The molecule has 1 fully saturated rings. The Balaban J connectivity index is 1.38. The van der Waals surface area contributed by atoms with Gasteiger partial charge in [0.2, 0.25) is 5.91 Å². The predicted octanol–water partition coefficient (Wildman–Crippen LogP) is 4.55. The molecule has 2 aliphatic carbocycles. The van der Waals surface area contributed by atoms with E-state index in [4.69, 9.17) is 4.74 Å². The van der Waals surface area contributed by atoms with Crippen molar-refractivity contribution in [3.05, 3.63) is 59.7 Å². The van der Waals surface area contributed by atoms with Gasteiger partial charge in [-0.3, -0.25) is 4.79 Å². The largest absolute Gasteiger partial charge is 0.479 e. The molecule has 4 rings (SSSR count). The second-order valence-electron chi connectivity index (χ2n) is 9.30. The third-order valence-corrected chi connectivity index (χ3v) is 7.13. The molecular weight excluding hydrogens is 432 g/mol. The van der Waals surface area contributed by atoms with E-state index in [9.17, 15) is 19.5 Å². The Kier molecular flexibility index (Phi) is 6.91. The molecule has 1 saturated carbocycles. The van der Waals surface area contributed by atoms with Crippen LogP contribution in [0.4, 0.5) is 4.79 Å². The topological polar surface area (TPSA) is 95.9 Å². The number of benzene rings is 2. The Bertz CT molecular complexity index is 1030. The molecule has 0 aromatic heterocycles. The molecule has 2 aliphatic rings. The highest BCUT2D eigenvalue weighted by molar-refractivity contribution is 5.89. The zero-order valence-electron chi connectivity index (χ0n) is 19.8. The van der Waals surface area contributed by atoms with E-state index < -0.39 is 23.6 Å². The van der Waals surface area contributed by atoms with Crippen LogP contribution in [0, 0.1) is 0 Å². The van der Waals surface area contributed by atoms with Gasteiger partial charge in [-0.15, -0.1) is 0 Å². The smallest absolute Gasteiger partial charge is 0.407 e. The number of likely N-dealkylation sites (N-methyl/N-ethyl adjacent to an activating group) is 1. The molecule has 0 bridgehead atoms. The first-order chi connectivity index (χ1) is 16.4. The number of fused-ring (bicyclic) bond motifs is 3. The quantitative estimate of drug-likeness (QED) is 0.538. The number of carboxylic acids is 1. The molecule has 34 heavy (non-hydrogen) atoms. The van der Waals surface area contributed by atoms with Crippen molar-refractivity contribution in [3.63, 3.8) is 0 Å². The van der Waals surface area contributed by atoms with Gasteiger partial charge in [-0.1, -0.05) is 68.3 Å². The predicted molar refractivity (Wildman–Crippen MR) is 129 cm³/mol. The van der Waals surface area contributed by atoms with Crippen LogP contribution < -0.4 is 5.32 Å². The summed E-state index contributed by atoms with van der Waals surface area (Å²) < 4.78 is 5.64. The number of hydrogen-bond acceptors (Lipinski definition) is 4. The lowest BCUT2D eigenvalue weighted by atomic mass is 9.98. The molecule has 2 amide bonds. The lowest BCUT2D eigenvalue weighted by Gasteiger charge is -2.27. The number of unbranched alkanes of at least 4 members (excludes halogenated alkanes) is 1. The van der Waals surface area contributed by atoms with E-state index in [0.717, 1.165) is 35.1 Å². The van der Waals surface area contributed by atoms with E-state index in [0.29, 0.717) is 19.3 Å². The Hall–Kier alpha value is -3.35. The molecular formula is C27H32N2O5. The monoisotopic (exact) mass is 464 g/mol. The number of hydrogen-bond donors (Lipinski definition) is 2. The van der Waals surface area contributed by atoms with Crippen LogP contribution in [0.15, 0.2) is 48.5 Å². The fourth-order valence-corrected chi connectivity index (χ4v) is 4.88. The summed E-state index contributed by atoms with van der Waals surface area (Å²) in [5, 5.41) is 12.3. The van der Waals surface area contributed by atoms with Gasteiger partial charge in [0.25, 0.3) is 0 Å². The molecule has 7 heteroatoms. The highest BCUT2D eigenvalue weighted by atomic mass is 16.5. The molecule has 0 unspecified atom stereocenters. The van der Waals surface area contributed by atoms with Crippen LogP contribution in [0.5, 0.6) is 0 Å². The molecule has 2 aromatic rings. The van der Waals surface area contributed by atoms with E-state index in [2.05, 4.69) is 29.6 Å². The molecule has 7 nitrogen and oxygen atoms in total. The van der Waals surface area contributed by atoms with Crippen LogP contribution in [0.1, 0.15) is 62.5 Å².